The highest BCUT2D eigenvalue weighted by Gasteiger charge is 2.26. The van der Waals surface area contributed by atoms with Crippen molar-refractivity contribution in [1.82, 2.24) is 14.8 Å². The van der Waals surface area contributed by atoms with Crippen LogP contribution in [0.4, 0.5) is 10.8 Å². The van der Waals surface area contributed by atoms with Crippen molar-refractivity contribution in [2.75, 3.05) is 11.5 Å². The number of thiazole rings is 1. The van der Waals surface area contributed by atoms with Gasteiger partial charge in [0.1, 0.15) is 11.5 Å². The van der Waals surface area contributed by atoms with Crippen molar-refractivity contribution in [1.29, 1.82) is 0 Å². The minimum Gasteiger partial charge on any atom is -0.494 e. The van der Waals surface area contributed by atoms with Crippen LogP contribution in [0.5, 0.6) is 5.75 Å². The summed E-state index contributed by atoms with van der Waals surface area (Å²) in [5, 5.41) is 4.76. The molecular weight excluding hydrogens is 424 g/mol. The first-order chi connectivity index (χ1) is 15.7. The number of carbonyl (C=O) groups is 1. The van der Waals surface area contributed by atoms with Gasteiger partial charge in [-0.3, -0.25) is 9.48 Å². The van der Waals surface area contributed by atoms with Gasteiger partial charge in [0, 0.05) is 12.4 Å². The van der Waals surface area contributed by atoms with Crippen LogP contribution in [-0.4, -0.2) is 27.3 Å². The van der Waals surface area contributed by atoms with Crippen LogP contribution in [0.25, 0.3) is 10.2 Å². The maximum atomic E-state index is 13.6. The molecule has 0 unspecified atom stereocenters. The number of anilines is 2. The number of ether oxygens (including phenoxy) is 1. The summed E-state index contributed by atoms with van der Waals surface area (Å²) in [4.78, 5) is 19.9. The van der Waals surface area contributed by atoms with Gasteiger partial charge in [-0.05, 0) is 61.5 Å². The molecule has 8 heteroatoms. The van der Waals surface area contributed by atoms with Gasteiger partial charge in [0.2, 0.25) is 0 Å². The van der Waals surface area contributed by atoms with E-state index in [2.05, 4.69) is 5.10 Å². The second-order valence-electron chi connectivity index (χ2n) is 7.00. The van der Waals surface area contributed by atoms with E-state index in [1.54, 1.807) is 27.9 Å². The van der Waals surface area contributed by atoms with Gasteiger partial charge in [0.05, 0.1) is 29.1 Å². The third kappa shape index (κ3) is 4.00. The number of nitrogens with zero attached hydrogens (tertiary/aromatic N) is 4. The summed E-state index contributed by atoms with van der Waals surface area (Å²) in [6.07, 6.45) is 3.55. The summed E-state index contributed by atoms with van der Waals surface area (Å²) >= 11 is 1.46. The number of benzene rings is 2. The third-order valence-corrected chi connectivity index (χ3v) is 5.85. The Morgan fingerprint density at radius 1 is 1.09 bits per heavy atom. The Kier molecular flexibility index (Phi) is 5.43. The molecule has 0 saturated carbocycles. The lowest BCUT2D eigenvalue weighted by Crippen LogP contribution is -2.25. The molecule has 0 bridgehead atoms. The van der Waals surface area contributed by atoms with Gasteiger partial charge in [-0.25, -0.2) is 9.88 Å². The molecule has 0 aliphatic heterocycles. The molecular formula is C24H20N4O3S. The standard InChI is InChI=1S/C24H20N4O3S/c1-2-30-18-10-8-17(9-11-18)28(24-26-20-6-3-4-7-22(20)32-24)23(29)21-13-12-19(31-21)16-27-15-5-14-25-27/h3-15H,2,16H2,1H3. The topological polar surface area (TPSA) is 73.4 Å². The highest BCUT2D eigenvalue weighted by atomic mass is 32.1. The summed E-state index contributed by atoms with van der Waals surface area (Å²) in [5.74, 6) is 1.33. The molecule has 0 fully saturated rings. The fraction of sp³-hybridized carbons (Fsp3) is 0.125. The van der Waals surface area contributed by atoms with Crippen LogP contribution in [-0.2, 0) is 6.54 Å². The van der Waals surface area contributed by atoms with Crippen LogP contribution in [0.15, 0.2) is 83.5 Å². The molecule has 5 aromatic rings. The van der Waals surface area contributed by atoms with Gasteiger partial charge in [-0.1, -0.05) is 23.5 Å². The van der Waals surface area contributed by atoms with Gasteiger partial charge >= 0.3 is 0 Å². The van der Waals surface area contributed by atoms with E-state index in [1.165, 1.54) is 11.3 Å². The van der Waals surface area contributed by atoms with Gasteiger partial charge in [0.25, 0.3) is 5.91 Å². The summed E-state index contributed by atoms with van der Waals surface area (Å²) in [6.45, 7) is 2.96. The van der Waals surface area contributed by atoms with E-state index in [0.717, 1.165) is 16.0 Å². The molecule has 0 aliphatic carbocycles. The molecule has 3 heterocycles. The molecule has 160 valence electrons. The zero-order valence-electron chi connectivity index (χ0n) is 17.3. The predicted molar refractivity (Wildman–Crippen MR) is 124 cm³/mol. The lowest BCUT2D eigenvalue weighted by atomic mass is 10.2. The van der Waals surface area contributed by atoms with Crippen LogP contribution in [0.1, 0.15) is 23.2 Å². The SMILES string of the molecule is CCOc1ccc(N(C(=O)c2ccc(Cn3cccn3)o2)c2nc3ccccc3s2)cc1. The zero-order valence-corrected chi connectivity index (χ0v) is 18.2. The van der Waals surface area contributed by atoms with Crippen molar-refractivity contribution in [2.24, 2.45) is 0 Å². The smallest absolute Gasteiger partial charge is 0.300 e. The molecule has 0 saturated heterocycles. The number of fused-ring (bicyclic) bond motifs is 1. The number of aromatic nitrogens is 3. The third-order valence-electron chi connectivity index (χ3n) is 4.83. The summed E-state index contributed by atoms with van der Waals surface area (Å²) in [5.41, 5.74) is 1.53. The van der Waals surface area contributed by atoms with E-state index in [-0.39, 0.29) is 11.7 Å². The van der Waals surface area contributed by atoms with Crippen LogP contribution < -0.4 is 9.64 Å². The van der Waals surface area contributed by atoms with Gasteiger partial charge in [-0.2, -0.15) is 5.10 Å². The molecule has 32 heavy (non-hydrogen) atoms. The predicted octanol–water partition coefficient (Wildman–Crippen LogP) is 5.51. The first-order valence-corrected chi connectivity index (χ1v) is 11.0. The summed E-state index contributed by atoms with van der Waals surface area (Å²) in [7, 11) is 0. The number of carbonyl (C=O) groups excluding carboxylic acids is 1. The normalized spacial score (nSPS) is 11.0. The van der Waals surface area contributed by atoms with E-state index in [9.17, 15) is 4.79 Å². The highest BCUT2D eigenvalue weighted by molar-refractivity contribution is 7.22. The van der Waals surface area contributed by atoms with Gasteiger partial charge in [-0.15, -0.1) is 0 Å². The quantitative estimate of drug-likeness (QED) is 0.331. The number of amides is 1. The molecule has 5 rings (SSSR count). The van der Waals surface area contributed by atoms with Crippen molar-refractivity contribution < 1.29 is 13.9 Å². The molecule has 7 nitrogen and oxygen atoms in total. The lowest BCUT2D eigenvalue weighted by molar-refractivity contribution is 0.0971. The molecule has 0 atom stereocenters. The molecule has 0 radical (unpaired) electrons. The molecule has 2 aromatic carbocycles. The van der Waals surface area contributed by atoms with E-state index >= 15 is 0 Å². The van der Waals surface area contributed by atoms with E-state index in [0.29, 0.717) is 29.7 Å². The Balaban J connectivity index is 1.51. The van der Waals surface area contributed by atoms with Gasteiger partial charge < -0.3 is 9.15 Å². The average Bonchev–Trinajstić information content (AvgIpc) is 3.56. The van der Waals surface area contributed by atoms with Crippen molar-refractivity contribution in [3.8, 4) is 5.75 Å². The van der Waals surface area contributed by atoms with E-state index in [4.69, 9.17) is 14.1 Å². The zero-order chi connectivity index (χ0) is 21.9. The van der Waals surface area contributed by atoms with Crippen LogP contribution >= 0.6 is 11.3 Å². The first-order valence-electron chi connectivity index (χ1n) is 10.2. The Hall–Kier alpha value is -3.91. The summed E-state index contributed by atoms with van der Waals surface area (Å²) in [6, 6.07) is 20.5. The lowest BCUT2D eigenvalue weighted by Gasteiger charge is -2.19. The van der Waals surface area contributed by atoms with Crippen LogP contribution in [0, 0.1) is 0 Å². The Morgan fingerprint density at radius 2 is 1.94 bits per heavy atom. The number of furan rings is 1. The maximum Gasteiger partial charge on any atom is 0.300 e. The fourth-order valence-corrected chi connectivity index (χ4v) is 4.36. The first kappa shape index (κ1) is 20.0. The van der Waals surface area contributed by atoms with Crippen molar-refractivity contribution in [3.63, 3.8) is 0 Å². The number of hydrogen-bond donors (Lipinski definition) is 0. The van der Waals surface area contributed by atoms with Crippen LogP contribution in [0.2, 0.25) is 0 Å². The molecule has 0 N–H and O–H groups in total. The monoisotopic (exact) mass is 444 g/mol. The molecule has 3 aromatic heterocycles. The molecule has 0 aliphatic rings. The second-order valence-corrected chi connectivity index (χ2v) is 8.01. The number of hydrogen-bond acceptors (Lipinski definition) is 6. The summed E-state index contributed by atoms with van der Waals surface area (Å²) < 4.78 is 14.2. The maximum absolute atomic E-state index is 13.6. The Bertz CT molecular complexity index is 1310. The number of rotatable bonds is 7. The average molecular weight is 445 g/mol. The Morgan fingerprint density at radius 3 is 2.69 bits per heavy atom. The van der Waals surface area contributed by atoms with Gasteiger partial charge in [0.15, 0.2) is 10.9 Å². The fourth-order valence-electron chi connectivity index (χ4n) is 3.37. The largest absolute Gasteiger partial charge is 0.494 e. The van der Waals surface area contributed by atoms with Crippen molar-refractivity contribution in [2.45, 2.75) is 13.5 Å². The second kappa shape index (κ2) is 8.68. The molecule has 0 spiro atoms. The Labute approximate surface area is 188 Å². The van der Waals surface area contributed by atoms with Crippen molar-refractivity contribution >= 4 is 38.3 Å². The molecule has 1 amide bonds. The minimum absolute atomic E-state index is 0.236. The van der Waals surface area contributed by atoms with E-state index < -0.39 is 0 Å². The minimum atomic E-state index is -0.292. The number of para-hydroxylation sites is 1. The van der Waals surface area contributed by atoms with Crippen LogP contribution in [0.3, 0.4) is 0 Å². The van der Waals surface area contributed by atoms with Crippen molar-refractivity contribution in [3.05, 3.63) is 90.6 Å². The highest BCUT2D eigenvalue weighted by Crippen LogP contribution is 2.35. The van der Waals surface area contributed by atoms with E-state index in [1.807, 2.05) is 67.7 Å².